The van der Waals surface area contributed by atoms with E-state index in [1.807, 2.05) is 30.3 Å². The monoisotopic (exact) mass is 526 g/mol. The van der Waals surface area contributed by atoms with Gasteiger partial charge >= 0.3 is 0 Å². The van der Waals surface area contributed by atoms with Crippen molar-refractivity contribution in [1.29, 1.82) is 0 Å². The summed E-state index contributed by atoms with van der Waals surface area (Å²) in [6, 6.07) is 17.1. The minimum atomic E-state index is -0.289. The predicted octanol–water partition coefficient (Wildman–Crippen LogP) is 9.18. The minimum absolute atomic E-state index is 0.289. The van der Waals surface area contributed by atoms with E-state index in [0.717, 1.165) is 33.6 Å². The van der Waals surface area contributed by atoms with Crippen molar-refractivity contribution in [2.45, 2.75) is 46.0 Å². The molecule has 0 atom stereocenters. The second kappa shape index (κ2) is 11.9. The lowest BCUT2D eigenvalue weighted by Gasteiger charge is -2.12. The first-order valence-electron chi connectivity index (χ1n) is 11.9. The summed E-state index contributed by atoms with van der Waals surface area (Å²) in [6.45, 7) is 4.82. The van der Waals surface area contributed by atoms with Crippen LogP contribution in [0.1, 0.15) is 54.9 Å². The van der Waals surface area contributed by atoms with Crippen molar-refractivity contribution in [3.8, 4) is 16.3 Å². The van der Waals surface area contributed by atoms with E-state index in [9.17, 15) is 4.79 Å². The summed E-state index contributed by atoms with van der Waals surface area (Å²) < 4.78 is 6.95. The fraction of sp³-hybridized carbons (Fsp3) is 0.286. The third-order valence-electron chi connectivity index (χ3n) is 5.69. The first-order valence-corrected chi connectivity index (χ1v) is 13.4. The number of unbranched alkanes of at least 4 members (excludes halogenated alkanes) is 4. The van der Waals surface area contributed by atoms with Gasteiger partial charge in [-0.3, -0.25) is 4.79 Å². The summed E-state index contributed by atoms with van der Waals surface area (Å²) in [6.07, 6.45) is 5.69. The second-order valence-electron chi connectivity index (χ2n) is 8.55. The molecule has 0 saturated heterocycles. The molecular formula is C28H28Cl2N2O2S. The molecule has 1 amide bonds. The highest BCUT2D eigenvalue weighted by atomic mass is 35.5. The van der Waals surface area contributed by atoms with Crippen molar-refractivity contribution in [3.63, 3.8) is 0 Å². The number of thiazole rings is 1. The Morgan fingerprint density at radius 3 is 2.40 bits per heavy atom. The number of benzene rings is 3. The lowest BCUT2D eigenvalue weighted by Crippen LogP contribution is -2.12. The molecule has 7 heteroatoms. The molecule has 1 aromatic heterocycles. The number of aryl methyl sites for hydroxylation is 1. The van der Waals surface area contributed by atoms with Gasteiger partial charge in [0.25, 0.3) is 5.91 Å². The van der Waals surface area contributed by atoms with Gasteiger partial charge in [0.1, 0.15) is 5.01 Å². The van der Waals surface area contributed by atoms with E-state index in [1.54, 1.807) is 23.5 Å². The fourth-order valence-corrected chi connectivity index (χ4v) is 5.43. The number of hydrogen-bond acceptors (Lipinski definition) is 4. The lowest BCUT2D eigenvalue weighted by atomic mass is 10.1. The number of halogens is 2. The van der Waals surface area contributed by atoms with Crippen LogP contribution < -0.4 is 10.1 Å². The summed E-state index contributed by atoms with van der Waals surface area (Å²) in [4.78, 5) is 17.5. The molecule has 0 aliphatic rings. The van der Waals surface area contributed by atoms with Crippen molar-refractivity contribution >= 4 is 56.3 Å². The van der Waals surface area contributed by atoms with Gasteiger partial charge in [0.05, 0.1) is 26.9 Å². The fourth-order valence-electron chi connectivity index (χ4n) is 3.76. The quantitative estimate of drug-likeness (QED) is 0.209. The maximum atomic E-state index is 12.8. The van der Waals surface area contributed by atoms with Gasteiger partial charge in [0.15, 0.2) is 5.75 Å². The van der Waals surface area contributed by atoms with Gasteiger partial charge in [0, 0.05) is 16.8 Å². The van der Waals surface area contributed by atoms with Crippen LogP contribution in [0.5, 0.6) is 5.75 Å². The number of carbonyl (C=O) groups is 1. The number of aromatic nitrogens is 1. The van der Waals surface area contributed by atoms with Gasteiger partial charge in [-0.25, -0.2) is 4.98 Å². The normalized spacial score (nSPS) is 11.1. The summed E-state index contributed by atoms with van der Waals surface area (Å²) >= 11 is 14.4. The molecule has 0 bridgehead atoms. The van der Waals surface area contributed by atoms with Crippen LogP contribution >= 0.6 is 34.5 Å². The molecule has 0 radical (unpaired) electrons. The Balaban J connectivity index is 1.39. The first kappa shape index (κ1) is 25.5. The van der Waals surface area contributed by atoms with Crippen molar-refractivity contribution in [3.05, 3.63) is 75.8 Å². The Bertz CT molecular complexity index is 1300. The number of rotatable bonds is 10. The molecule has 3 aromatic carbocycles. The minimum Gasteiger partial charge on any atom is -0.490 e. The molecule has 0 spiro atoms. The zero-order valence-corrected chi connectivity index (χ0v) is 22.2. The lowest BCUT2D eigenvalue weighted by molar-refractivity contribution is 0.102. The summed E-state index contributed by atoms with van der Waals surface area (Å²) in [5.74, 6) is 0.138. The first-order chi connectivity index (χ1) is 16.9. The molecule has 0 saturated carbocycles. The number of fused-ring (bicyclic) bond motifs is 1. The van der Waals surface area contributed by atoms with Crippen molar-refractivity contribution in [1.82, 2.24) is 4.98 Å². The van der Waals surface area contributed by atoms with Gasteiger partial charge in [-0.1, -0.05) is 61.9 Å². The number of nitrogens with zero attached hydrogens (tertiary/aromatic N) is 1. The van der Waals surface area contributed by atoms with E-state index in [0.29, 0.717) is 33.7 Å². The number of carbonyl (C=O) groups excluding carboxylic acids is 1. The zero-order chi connectivity index (χ0) is 24.8. The van der Waals surface area contributed by atoms with Crippen LogP contribution in [0.25, 0.3) is 20.8 Å². The second-order valence-corrected chi connectivity index (χ2v) is 10.4. The highest BCUT2D eigenvalue weighted by Crippen LogP contribution is 2.35. The third-order valence-corrected chi connectivity index (χ3v) is 7.32. The van der Waals surface area contributed by atoms with Crippen LogP contribution in [-0.4, -0.2) is 17.5 Å². The van der Waals surface area contributed by atoms with Crippen LogP contribution in [0.3, 0.4) is 0 Å². The van der Waals surface area contributed by atoms with Crippen molar-refractivity contribution < 1.29 is 9.53 Å². The Morgan fingerprint density at radius 2 is 1.69 bits per heavy atom. The van der Waals surface area contributed by atoms with E-state index in [2.05, 4.69) is 31.3 Å². The standard InChI is InChI=1S/C28H28Cl2N2O2S/c1-3-4-5-6-7-14-34-26-22(29)16-20(17-23(26)30)27(33)31-21-11-9-19(10-12-21)28-32-24-13-8-18(2)15-25(24)35-28/h8-13,15-17H,3-7,14H2,1-2H3,(H,31,33). The smallest absolute Gasteiger partial charge is 0.255 e. The average Bonchev–Trinajstić information content (AvgIpc) is 3.26. The van der Waals surface area contributed by atoms with Gasteiger partial charge in [-0.2, -0.15) is 0 Å². The summed E-state index contributed by atoms with van der Waals surface area (Å²) in [5.41, 5.74) is 4.26. The number of amides is 1. The summed E-state index contributed by atoms with van der Waals surface area (Å²) in [5, 5.41) is 4.51. The Labute approximate surface area is 220 Å². The molecule has 0 unspecified atom stereocenters. The molecule has 182 valence electrons. The van der Waals surface area contributed by atoms with E-state index >= 15 is 0 Å². The number of anilines is 1. The Kier molecular flexibility index (Phi) is 8.66. The Hall–Kier alpha value is -2.60. The zero-order valence-electron chi connectivity index (χ0n) is 19.9. The molecule has 4 rings (SSSR count). The molecular weight excluding hydrogens is 499 g/mol. The average molecular weight is 528 g/mol. The summed E-state index contributed by atoms with van der Waals surface area (Å²) in [7, 11) is 0. The van der Waals surface area contributed by atoms with Crippen LogP contribution in [0.4, 0.5) is 5.69 Å². The highest BCUT2D eigenvalue weighted by Gasteiger charge is 2.15. The van der Waals surface area contributed by atoms with E-state index < -0.39 is 0 Å². The van der Waals surface area contributed by atoms with Gasteiger partial charge in [-0.15, -0.1) is 11.3 Å². The maximum Gasteiger partial charge on any atom is 0.255 e. The molecule has 1 N–H and O–H groups in total. The van der Waals surface area contributed by atoms with Crippen LogP contribution in [0.2, 0.25) is 10.0 Å². The SMILES string of the molecule is CCCCCCCOc1c(Cl)cc(C(=O)Nc2ccc(-c3nc4ccc(C)cc4s3)cc2)cc1Cl. The molecule has 0 aliphatic carbocycles. The number of nitrogens with one attached hydrogen (secondary N) is 1. The van der Waals surface area contributed by atoms with E-state index in [4.69, 9.17) is 32.9 Å². The van der Waals surface area contributed by atoms with E-state index in [-0.39, 0.29) is 5.91 Å². The van der Waals surface area contributed by atoms with Crippen molar-refractivity contribution in [2.75, 3.05) is 11.9 Å². The van der Waals surface area contributed by atoms with Gasteiger partial charge < -0.3 is 10.1 Å². The molecule has 4 aromatic rings. The van der Waals surface area contributed by atoms with Crippen LogP contribution in [0.15, 0.2) is 54.6 Å². The molecule has 1 heterocycles. The Morgan fingerprint density at radius 1 is 0.971 bits per heavy atom. The highest BCUT2D eigenvalue weighted by molar-refractivity contribution is 7.21. The van der Waals surface area contributed by atoms with Gasteiger partial charge in [0.2, 0.25) is 0 Å². The van der Waals surface area contributed by atoms with Crippen LogP contribution in [-0.2, 0) is 0 Å². The topological polar surface area (TPSA) is 51.2 Å². The maximum absolute atomic E-state index is 12.8. The number of hydrogen-bond donors (Lipinski definition) is 1. The predicted molar refractivity (Wildman–Crippen MR) is 148 cm³/mol. The molecule has 0 aliphatic heterocycles. The van der Waals surface area contributed by atoms with E-state index in [1.165, 1.54) is 24.8 Å². The molecule has 4 nitrogen and oxygen atoms in total. The largest absolute Gasteiger partial charge is 0.490 e. The molecule has 0 fully saturated rings. The third kappa shape index (κ3) is 6.54. The van der Waals surface area contributed by atoms with Crippen LogP contribution in [0, 0.1) is 6.92 Å². The molecule has 35 heavy (non-hydrogen) atoms. The van der Waals surface area contributed by atoms with Crippen molar-refractivity contribution in [2.24, 2.45) is 0 Å². The van der Waals surface area contributed by atoms with Gasteiger partial charge in [-0.05, 0) is 67.4 Å². The number of ether oxygens (including phenoxy) is 1.